The van der Waals surface area contributed by atoms with Crippen molar-refractivity contribution in [2.75, 3.05) is 0 Å². The Balaban J connectivity index is 2.13. The molecule has 4 heterocycles. The van der Waals surface area contributed by atoms with Crippen molar-refractivity contribution in [1.29, 1.82) is 0 Å². The predicted molar refractivity (Wildman–Crippen MR) is 98.5 cm³/mol. The molecule has 2 aromatic rings. The van der Waals surface area contributed by atoms with E-state index in [0.717, 1.165) is 11.1 Å². The van der Waals surface area contributed by atoms with Crippen LogP contribution in [0.2, 0.25) is 0 Å². The minimum absolute atomic E-state index is 0.147. The zero-order valence-electron chi connectivity index (χ0n) is 14.6. The second-order valence-electron chi connectivity index (χ2n) is 6.67. The zero-order chi connectivity index (χ0) is 18.0. The van der Waals surface area contributed by atoms with E-state index >= 15 is 0 Å². The van der Waals surface area contributed by atoms with Gasteiger partial charge in [-0.1, -0.05) is 75.5 Å². The molecule has 25 heavy (non-hydrogen) atoms. The summed E-state index contributed by atoms with van der Waals surface area (Å²) >= 11 is 0. The van der Waals surface area contributed by atoms with Gasteiger partial charge in [-0.3, -0.25) is 0 Å². The molecule has 0 aromatic heterocycles. The lowest BCUT2D eigenvalue weighted by Gasteiger charge is -2.28. The van der Waals surface area contributed by atoms with Crippen molar-refractivity contribution in [2.24, 2.45) is 0 Å². The Hall–Kier alpha value is -2.81. The summed E-state index contributed by atoms with van der Waals surface area (Å²) in [5.41, 5.74) is 3.94. The minimum Gasteiger partial charge on any atom is -0.422 e. The molecule has 0 fully saturated rings. The monoisotopic (exact) mass is 334 g/mol. The van der Waals surface area contributed by atoms with Gasteiger partial charge in [-0.25, -0.2) is 4.79 Å². The molecule has 2 unspecified atom stereocenters. The highest BCUT2D eigenvalue weighted by Crippen LogP contribution is 2.34. The van der Waals surface area contributed by atoms with Gasteiger partial charge in [0, 0.05) is 5.41 Å². The summed E-state index contributed by atoms with van der Waals surface area (Å²) in [6.45, 7) is 11.9. The summed E-state index contributed by atoms with van der Waals surface area (Å²) in [4.78, 5) is 12.2. The summed E-state index contributed by atoms with van der Waals surface area (Å²) in [5, 5.41) is 0. The van der Waals surface area contributed by atoms with Gasteiger partial charge < -0.3 is 9.47 Å². The van der Waals surface area contributed by atoms with Crippen molar-refractivity contribution < 1.29 is 14.3 Å². The topological polar surface area (TPSA) is 35.5 Å². The molecule has 0 saturated carbocycles. The van der Waals surface area contributed by atoms with Crippen molar-refractivity contribution >= 4 is 6.16 Å². The summed E-state index contributed by atoms with van der Waals surface area (Å²) in [5.74, 6) is 0. The fourth-order valence-corrected chi connectivity index (χ4v) is 3.09. The summed E-state index contributed by atoms with van der Waals surface area (Å²) < 4.78 is 10.8. The molecule has 0 spiro atoms. The van der Waals surface area contributed by atoms with Gasteiger partial charge in [0.2, 0.25) is 0 Å². The maximum Gasteiger partial charge on any atom is 0.510 e. The van der Waals surface area contributed by atoms with Crippen LogP contribution in [0, 0.1) is 0 Å². The number of benzene rings is 2. The highest BCUT2D eigenvalue weighted by atomic mass is 16.7. The Morgan fingerprint density at radius 2 is 1.16 bits per heavy atom. The number of carbonyl (C=O) groups is 1. The highest BCUT2D eigenvalue weighted by Gasteiger charge is 2.26. The summed E-state index contributed by atoms with van der Waals surface area (Å²) in [7, 11) is 0. The largest absolute Gasteiger partial charge is 0.510 e. The molecule has 4 aliphatic rings. The van der Waals surface area contributed by atoms with E-state index in [9.17, 15) is 4.79 Å². The molecule has 0 N–H and O–H groups in total. The first-order valence-electron chi connectivity index (χ1n) is 8.29. The molecule has 0 aliphatic carbocycles. The standard InChI is InChI=1S/C22H22O3/c1-5-19-15-7-11-17(12-8-15)22(3,4)18-13-9-16(10-14-18)20(6-2)25-21(23)24-19/h5-14,19-20H,1-2H2,3-4H3. The Labute approximate surface area is 148 Å². The second-order valence-corrected chi connectivity index (χ2v) is 6.67. The Bertz CT molecular complexity index is 720. The Morgan fingerprint density at radius 3 is 1.48 bits per heavy atom. The SMILES string of the molecule is C=CC1OC(=O)OC(C=C)c2ccc(cc2)C(C)(C)c2ccc1cc2. The van der Waals surface area contributed by atoms with Gasteiger partial charge in [0.25, 0.3) is 0 Å². The number of rotatable bonds is 2. The fraction of sp³-hybridized carbons (Fsp3) is 0.227. The Kier molecular flexibility index (Phi) is 4.49. The molecule has 3 nitrogen and oxygen atoms in total. The second kappa shape index (κ2) is 6.60. The first-order chi connectivity index (χ1) is 12.0. The fourth-order valence-electron chi connectivity index (χ4n) is 3.09. The van der Waals surface area contributed by atoms with E-state index < -0.39 is 18.4 Å². The first kappa shape index (κ1) is 17.0. The van der Waals surface area contributed by atoms with Crippen LogP contribution in [-0.4, -0.2) is 6.16 Å². The maximum absolute atomic E-state index is 12.2. The van der Waals surface area contributed by atoms with Gasteiger partial charge in [-0.15, -0.1) is 0 Å². The van der Waals surface area contributed by atoms with Crippen LogP contribution in [0.15, 0.2) is 73.8 Å². The summed E-state index contributed by atoms with van der Waals surface area (Å²) in [6, 6.07) is 16.1. The van der Waals surface area contributed by atoms with Crippen LogP contribution in [0.5, 0.6) is 0 Å². The van der Waals surface area contributed by atoms with Gasteiger partial charge in [-0.2, -0.15) is 0 Å². The quantitative estimate of drug-likeness (QED) is 0.527. The molecule has 0 radical (unpaired) electrons. The van der Waals surface area contributed by atoms with Crippen molar-refractivity contribution in [3.8, 4) is 0 Å². The normalized spacial score (nSPS) is 21.8. The third-order valence-electron chi connectivity index (χ3n) is 4.80. The number of hydrogen-bond donors (Lipinski definition) is 0. The predicted octanol–water partition coefficient (Wildman–Crippen LogP) is 5.63. The van der Waals surface area contributed by atoms with E-state index in [4.69, 9.17) is 9.47 Å². The molecule has 3 heteroatoms. The van der Waals surface area contributed by atoms with Crippen LogP contribution < -0.4 is 0 Å². The van der Waals surface area contributed by atoms with E-state index in [1.165, 1.54) is 11.1 Å². The van der Waals surface area contributed by atoms with Crippen LogP contribution in [0.1, 0.15) is 48.3 Å². The molecular formula is C22H22O3. The molecule has 0 amide bonds. The molecule has 6 rings (SSSR count). The molecule has 2 atom stereocenters. The van der Waals surface area contributed by atoms with Crippen LogP contribution in [0.4, 0.5) is 4.79 Å². The highest BCUT2D eigenvalue weighted by molar-refractivity contribution is 5.61. The van der Waals surface area contributed by atoms with Gasteiger partial charge in [0.15, 0.2) is 0 Å². The summed E-state index contributed by atoms with van der Waals surface area (Å²) in [6.07, 6.45) is 1.31. The molecule has 4 bridgehead atoms. The third kappa shape index (κ3) is 3.22. The number of carbonyl (C=O) groups excluding carboxylic acids is 1. The van der Waals surface area contributed by atoms with E-state index in [-0.39, 0.29) is 5.41 Å². The van der Waals surface area contributed by atoms with Crippen molar-refractivity contribution in [3.05, 3.63) is 96.1 Å². The lowest BCUT2D eigenvalue weighted by Crippen LogP contribution is -2.20. The average Bonchev–Trinajstić information content (AvgIpc) is 2.64. The van der Waals surface area contributed by atoms with E-state index in [0.29, 0.717) is 0 Å². The molecule has 4 aliphatic heterocycles. The first-order valence-corrected chi connectivity index (χ1v) is 8.29. The van der Waals surface area contributed by atoms with Crippen LogP contribution in [-0.2, 0) is 14.9 Å². The van der Waals surface area contributed by atoms with Crippen molar-refractivity contribution in [1.82, 2.24) is 0 Å². The molecule has 0 saturated heterocycles. The van der Waals surface area contributed by atoms with E-state index in [1.54, 1.807) is 12.2 Å². The molecular weight excluding hydrogens is 312 g/mol. The molecule has 2 aromatic carbocycles. The average molecular weight is 334 g/mol. The van der Waals surface area contributed by atoms with Gasteiger partial charge in [-0.05, 0) is 34.4 Å². The lowest BCUT2D eigenvalue weighted by atomic mass is 9.77. The van der Waals surface area contributed by atoms with Gasteiger partial charge in [0.05, 0.1) is 0 Å². The molecule has 128 valence electrons. The minimum atomic E-state index is -0.750. The zero-order valence-corrected chi connectivity index (χ0v) is 14.6. The maximum atomic E-state index is 12.2. The smallest absolute Gasteiger partial charge is 0.422 e. The van der Waals surface area contributed by atoms with Crippen molar-refractivity contribution in [2.45, 2.75) is 31.5 Å². The van der Waals surface area contributed by atoms with Gasteiger partial charge in [0.1, 0.15) is 12.2 Å². The van der Waals surface area contributed by atoms with Crippen LogP contribution in [0.25, 0.3) is 0 Å². The third-order valence-corrected chi connectivity index (χ3v) is 4.80. The van der Waals surface area contributed by atoms with Crippen molar-refractivity contribution in [3.63, 3.8) is 0 Å². The number of ether oxygens (including phenoxy) is 2. The van der Waals surface area contributed by atoms with Crippen LogP contribution >= 0.6 is 0 Å². The van der Waals surface area contributed by atoms with Gasteiger partial charge >= 0.3 is 6.16 Å². The number of hydrogen-bond acceptors (Lipinski definition) is 3. The van der Waals surface area contributed by atoms with E-state index in [2.05, 4.69) is 51.3 Å². The lowest BCUT2D eigenvalue weighted by molar-refractivity contribution is 0.0204. The van der Waals surface area contributed by atoms with E-state index in [1.807, 2.05) is 24.3 Å². The van der Waals surface area contributed by atoms with Crippen LogP contribution in [0.3, 0.4) is 0 Å². The Morgan fingerprint density at radius 1 is 0.800 bits per heavy atom.